The van der Waals surface area contributed by atoms with E-state index in [-0.39, 0.29) is 24.2 Å². The van der Waals surface area contributed by atoms with Crippen LogP contribution in [0, 0.1) is 0 Å². The van der Waals surface area contributed by atoms with E-state index < -0.39 is 0 Å². The number of hydrogen-bond acceptors (Lipinski definition) is 3. The Kier molecular flexibility index (Phi) is 5.58. The third-order valence-electron chi connectivity index (χ3n) is 2.28. The largest absolute Gasteiger partial charge is 0.369 e. The molecule has 18 heavy (non-hydrogen) atoms. The van der Waals surface area contributed by atoms with Gasteiger partial charge in [-0.3, -0.25) is 9.59 Å². The normalized spacial score (nSPS) is 10.7. The van der Waals surface area contributed by atoms with E-state index in [1.165, 1.54) is 6.07 Å². The van der Waals surface area contributed by atoms with Gasteiger partial charge in [-0.25, -0.2) is 0 Å². The molecule has 100 valence electrons. The van der Waals surface area contributed by atoms with E-state index >= 15 is 0 Å². The molecular formula is C13H20N2O3. The van der Waals surface area contributed by atoms with Gasteiger partial charge in [0.1, 0.15) is 6.61 Å². The molecule has 1 heterocycles. The second-order valence-corrected chi connectivity index (χ2v) is 4.36. The number of aromatic nitrogens is 1. The molecule has 0 bridgehead atoms. The van der Waals surface area contributed by atoms with Crippen molar-refractivity contribution >= 4 is 11.6 Å². The fraction of sp³-hybridized carbons (Fsp3) is 0.538. The van der Waals surface area contributed by atoms with E-state index in [2.05, 4.69) is 5.32 Å². The van der Waals surface area contributed by atoms with Crippen molar-refractivity contribution in [3.63, 3.8) is 0 Å². The molecule has 0 aromatic carbocycles. The van der Waals surface area contributed by atoms with Crippen LogP contribution in [-0.4, -0.2) is 23.2 Å². The average molecular weight is 252 g/mol. The Bertz CT molecular complexity index is 452. The zero-order valence-corrected chi connectivity index (χ0v) is 11.1. The summed E-state index contributed by atoms with van der Waals surface area (Å²) >= 11 is 0. The quantitative estimate of drug-likeness (QED) is 0.837. The molecule has 0 aliphatic rings. The van der Waals surface area contributed by atoms with Gasteiger partial charge in [-0.2, -0.15) is 0 Å². The molecule has 1 rings (SSSR count). The van der Waals surface area contributed by atoms with Gasteiger partial charge in [-0.05, 0) is 26.3 Å². The van der Waals surface area contributed by atoms with Crippen LogP contribution in [0.5, 0.6) is 0 Å². The van der Waals surface area contributed by atoms with E-state index in [9.17, 15) is 9.59 Å². The Hall–Kier alpha value is -1.62. The Labute approximate surface area is 107 Å². The van der Waals surface area contributed by atoms with Gasteiger partial charge in [0.25, 0.3) is 5.56 Å². The van der Waals surface area contributed by atoms with Gasteiger partial charge in [0.15, 0.2) is 0 Å². The van der Waals surface area contributed by atoms with Gasteiger partial charge in [0.2, 0.25) is 5.91 Å². The minimum Gasteiger partial charge on any atom is -0.369 e. The molecule has 1 aromatic heterocycles. The number of anilines is 1. The standard InChI is InChI=1S/C13H20N2O3/c1-4-7-15-8-11(5-6-13(15)17)14-12(16)9-18-10(2)3/h5-6,8,10H,4,7,9H2,1-3H3,(H,14,16). The number of pyridine rings is 1. The van der Waals surface area contributed by atoms with Crippen molar-refractivity contribution in [2.24, 2.45) is 0 Å². The van der Waals surface area contributed by atoms with E-state index in [0.29, 0.717) is 12.2 Å². The SMILES string of the molecule is CCCn1cc(NC(=O)COC(C)C)ccc1=O. The highest BCUT2D eigenvalue weighted by Gasteiger charge is 2.05. The summed E-state index contributed by atoms with van der Waals surface area (Å²) in [6, 6.07) is 3.05. The summed E-state index contributed by atoms with van der Waals surface area (Å²) in [5.74, 6) is -0.217. The molecule has 0 radical (unpaired) electrons. The van der Waals surface area contributed by atoms with Gasteiger partial charge in [-0.1, -0.05) is 6.92 Å². The summed E-state index contributed by atoms with van der Waals surface area (Å²) in [5, 5.41) is 2.70. The van der Waals surface area contributed by atoms with Gasteiger partial charge in [0.05, 0.1) is 11.8 Å². The summed E-state index contributed by atoms with van der Waals surface area (Å²) in [5.41, 5.74) is 0.550. The van der Waals surface area contributed by atoms with E-state index in [1.54, 1.807) is 16.8 Å². The zero-order valence-electron chi connectivity index (χ0n) is 11.1. The maximum Gasteiger partial charge on any atom is 0.250 e. The summed E-state index contributed by atoms with van der Waals surface area (Å²) in [6.07, 6.45) is 2.54. The maximum absolute atomic E-state index is 11.5. The Morgan fingerprint density at radius 3 is 2.78 bits per heavy atom. The van der Waals surface area contributed by atoms with Crippen molar-refractivity contribution in [3.8, 4) is 0 Å². The predicted octanol–water partition coefficient (Wildman–Crippen LogP) is 1.62. The van der Waals surface area contributed by atoms with Crippen molar-refractivity contribution < 1.29 is 9.53 Å². The summed E-state index contributed by atoms with van der Waals surface area (Å²) in [7, 11) is 0. The fourth-order valence-corrected chi connectivity index (χ4v) is 1.46. The molecule has 1 amide bonds. The monoisotopic (exact) mass is 252 g/mol. The van der Waals surface area contributed by atoms with Crippen molar-refractivity contribution in [3.05, 3.63) is 28.7 Å². The Morgan fingerprint density at radius 1 is 1.44 bits per heavy atom. The molecule has 0 unspecified atom stereocenters. The molecule has 0 fully saturated rings. The Balaban J connectivity index is 2.64. The molecule has 0 spiro atoms. The molecule has 0 aliphatic heterocycles. The highest BCUT2D eigenvalue weighted by Crippen LogP contribution is 2.04. The molecule has 0 saturated heterocycles. The lowest BCUT2D eigenvalue weighted by atomic mass is 10.3. The first-order valence-electron chi connectivity index (χ1n) is 6.15. The zero-order chi connectivity index (χ0) is 13.5. The van der Waals surface area contributed by atoms with E-state index in [1.807, 2.05) is 20.8 Å². The number of amides is 1. The minimum absolute atomic E-state index is 0.0183. The van der Waals surface area contributed by atoms with Crippen molar-refractivity contribution in [2.75, 3.05) is 11.9 Å². The van der Waals surface area contributed by atoms with Crippen LogP contribution in [0.4, 0.5) is 5.69 Å². The van der Waals surface area contributed by atoms with Crippen molar-refractivity contribution in [1.29, 1.82) is 0 Å². The fourth-order valence-electron chi connectivity index (χ4n) is 1.46. The number of nitrogens with one attached hydrogen (secondary N) is 1. The molecule has 0 saturated carbocycles. The maximum atomic E-state index is 11.5. The first-order valence-corrected chi connectivity index (χ1v) is 6.15. The topological polar surface area (TPSA) is 60.3 Å². The van der Waals surface area contributed by atoms with Crippen molar-refractivity contribution in [1.82, 2.24) is 4.57 Å². The van der Waals surface area contributed by atoms with Gasteiger partial charge < -0.3 is 14.6 Å². The number of rotatable bonds is 6. The lowest BCUT2D eigenvalue weighted by molar-refractivity contribution is -0.121. The molecule has 0 aliphatic carbocycles. The molecular weight excluding hydrogens is 232 g/mol. The number of aryl methyl sites for hydroxylation is 1. The summed E-state index contributed by atoms with van der Waals surface area (Å²) < 4.78 is 6.78. The number of carbonyl (C=O) groups excluding carboxylic acids is 1. The van der Waals surface area contributed by atoms with Gasteiger partial charge in [0, 0.05) is 18.8 Å². The van der Waals surface area contributed by atoms with Gasteiger partial charge >= 0.3 is 0 Å². The summed E-state index contributed by atoms with van der Waals surface area (Å²) in [4.78, 5) is 23.0. The van der Waals surface area contributed by atoms with Crippen LogP contribution in [0.1, 0.15) is 27.2 Å². The number of carbonyl (C=O) groups is 1. The predicted molar refractivity (Wildman–Crippen MR) is 70.7 cm³/mol. The second-order valence-electron chi connectivity index (χ2n) is 4.36. The first-order chi connectivity index (χ1) is 8.52. The molecule has 5 heteroatoms. The highest BCUT2D eigenvalue weighted by molar-refractivity contribution is 5.91. The third kappa shape index (κ3) is 4.71. The van der Waals surface area contributed by atoms with Crippen LogP contribution in [0.2, 0.25) is 0 Å². The van der Waals surface area contributed by atoms with Crippen molar-refractivity contribution in [2.45, 2.75) is 39.8 Å². The van der Waals surface area contributed by atoms with Crippen LogP contribution >= 0.6 is 0 Å². The second kappa shape index (κ2) is 6.96. The molecule has 0 atom stereocenters. The lowest BCUT2D eigenvalue weighted by Crippen LogP contribution is -2.23. The van der Waals surface area contributed by atoms with Crippen LogP contribution in [0.3, 0.4) is 0 Å². The molecule has 5 nitrogen and oxygen atoms in total. The van der Waals surface area contributed by atoms with Crippen LogP contribution in [0.15, 0.2) is 23.1 Å². The molecule has 1 aromatic rings. The minimum atomic E-state index is -0.217. The first kappa shape index (κ1) is 14.4. The number of ether oxygens (including phenoxy) is 1. The average Bonchev–Trinajstić information content (AvgIpc) is 2.31. The summed E-state index contributed by atoms with van der Waals surface area (Å²) in [6.45, 7) is 6.40. The van der Waals surface area contributed by atoms with Crippen LogP contribution in [0.25, 0.3) is 0 Å². The van der Waals surface area contributed by atoms with Gasteiger partial charge in [-0.15, -0.1) is 0 Å². The lowest BCUT2D eigenvalue weighted by Gasteiger charge is -2.10. The van der Waals surface area contributed by atoms with E-state index in [4.69, 9.17) is 4.74 Å². The smallest absolute Gasteiger partial charge is 0.250 e. The number of hydrogen-bond donors (Lipinski definition) is 1. The Morgan fingerprint density at radius 2 is 2.17 bits per heavy atom. The van der Waals surface area contributed by atoms with Crippen LogP contribution < -0.4 is 10.9 Å². The highest BCUT2D eigenvalue weighted by atomic mass is 16.5. The molecule has 1 N–H and O–H groups in total. The third-order valence-corrected chi connectivity index (χ3v) is 2.28. The number of nitrogens with zero attached hydrogens (tertiary/aromatic N) is 1. The van der Waals surface area contributed by atoms with Crippen LogP contribution in [-0.2, 0) is 16.1 Å². The van der Waals surface area contributed by atoms with E-state index in [0.717, 1.165) is 6.42 Å².